The molecule has 1 aromatic rings. The van der Waals surface area contributed by atoms with E-state index in [0.29, 0.717) is 11.7 Å². The van der Waals surface area contributed by atoms with Crippen LogP contribution in [0, 0.1) is 0 Å². The average Bonchev–Trinajstić information content (AvgIpc) is 2.75. The highest BCUT2D eigenvalue weighted by atomic mass is 16.5. The SMILES string of the molecule is CCCC(OC)c1noc([C@@H](N)CCC)n1. The number of aromatic nitrogens is 2. The molecule has 0 fully saturated rings. The second-order valence-corrected chi connectivity index (χ2v) is 3.90. The van der Waals surface area contributed by atoms with E-state index in [0.717, 1.165) is 25.7 Å². The first-order valence-electron chi connectivity index (χ1n) is 5.84. The second kappa shape index (κ2) is 6.60. The number of rotatable bonds is 7. The minimum Gasteiger partial charge on any atom is -0.373 e. The summed E-state index contributed by atoms with van der Waals surface area (Å²) in [4.78, 5) is 4.29. The minimum absolute atomic E-state index is 0.0867. The van der Waals surface area contributed by atoms with Crippen molar-refractivity contribution in [3.05, 3.63) is 11.7 Å². The average molecular weight is 227 g/mol. The largest absolute Gasteiger partial charge is 0.373 e. The molecule has 0 bridgehead atoms. The molecule has 1 rings (SSSR count). The molecule has 0 spiro atoms. The van der Waals surface area contributed by atoms with Crippen molar-refractivity contribution in [2.45, 2.75) is 51.7 Å². The maximum absolute atomic E-state index is 5.90. The molecule has 0 radical (unpaired) electrons. The quantitative estimate of drug-likeness (QED) is 0.774. The summed E-state index contributed by atoms with van der Waals surface area (Å²) in [6, 6.07) is -0.162. The van der Waals surface area contributed by atoms with E-state index in [1.165, 1.54) is 0 Å². The first kappa shape index (κ1) is 13.1. The Kier molecular flexibility index (Phi) is 5.42. The van der Waals surface area contributed by atoms with E-state index in [4.69, 9.17) is 15.0 Å². The Labute approximate surface area is 96.4 Å². The molecular formula is C11H21N3O2. The van der Waals surface area contributed by atoms with E-state index in [2.05, 4.69) is 24.0 Å². The van der Waals surface area contributed by atoms with Gasteiger partial charge in [-0.15, -0.1) is 0 Å². The van der Waals surface area contributed by atoms with Gasteiger partial charge in [0.05, 0.1) is 6.04 Å². The molecule has 1 unspecified atom stereocenters. The Hall–Kier alpha value is -0.940. The van der Waals surface area contributed by atoms with Crippen molar-refractivity contribution in [1.29, 1.82) is 0 Å². The monoisotopic (exact) mass is 227 g/mol. The van der Waals surface area contributed by atoms with Crippen LogP contribution in [0.2, 0.25) is 0 Å². The van der Waals surface area contributed by atoms with Gasteiger partial charge in [-0.3, -0.25) is 0 Å². The summed E-state index contributed by atoms with van der Waals surface area (Å²) in [7, 11) is 1.66. The zero-order valence-corrected chi connectivity index (χ0v) is 10.3. The van der Waals surface area contributed by atoms with Crippen molar-refractivity contribution in [1.82, 2.24) is 10.1 Å². The molecule has 0 amide bonds. The first-order valence-corrected chi connectivity index (χ1v) is 5.84. The van der Waals surface area contributed by atoms with Crippen LogP contribution in [0.5, 0.6) is 0 Å². The molecular weight excluding hydrogens is 206 g/mol. The Morgan fingerprint density at radius 1 is 1.31 bits per heavy atom. The summed E-state index contributed by atoms with van der Waals surface area (Å²) < 4.78 is 10.4. The number of hydrogen-bond acceptors (Lipinski definition) is 5. The van der Waals surface area contributed by atoms with Gasteiger partial charge in [-0.25, -0.2) is 0 Å². The van der Waals surface area contributed by atoms with E-state index in [-0.39, 0.29) is 12.1 Å². The molecule has 0 saturated carbocycles. The lowest BCUT2D eigenvalue weighted by Crippen LogP contribution is -2.10. The summed E-state index contributed by atoms with van der Waals surface area (Å²) in [5.41, 5.74) is 5.90. The van der Waals surface area contributed by atoms with Gasteiger partial charge in [0.25, 0.3) is 0 Å². The Bertz CT molecular complexity index is 301. The Morgan fingerprint density at radius 2 is 2.00 bits per heavy atom. The van der Waals surface area contributed by atoms with Gasteiger partial charge < -0.3 is 15.0 Å². The Morgan fingerprint density at radius 3 is 2.56 bits per heavy atom. The van der Waals surface area contributed by atoms with Crippen molar-refractivity contribution in [2.24, 2.45) is 5.73 Å². The van der Waals surface area contributed by atoms with Crippen LogP contribution >= 0.6 is 0 Å². The summed E-state index contributed by atoms with van der Waals surface area (Å²) in [5, 5.41) is 3.92. The molecule has 16 heavy (non-hydrogen) atoms. The highest BCUT2D eigenvalue weighted by Crippen LogP contribution is 2.21. The van der Waals surface area contributed by atoms with Gasteiger partial charge in [0.2, 0.25) is 11.7 Å². The molecule has 0 aliphatic rings. The molecule has 0 aromatic carbocycles. The van der Waals surface area contributed by atoms with E-state index >= 15 is 0 Å². The summed E-state index contributed by atoms with van der Waals surface area (Å²) in [5.74, 6) is 1.11. The third kappa shape index (κ3) is 3.28. The van der Waals surface area contributed by atoms with Gasteiger partial charge in [0, 0.05) is 7.11 Å². The van der Waals surface area contributed by atoms with Crippen LogP contribution in [-0.2, 0) is 4.74 Å². The lowest BCUT2D eigenvalue weighted by Gasteiger charge is -2.08. The van der Waals surface area contributed by atoms with Crippen LogP contribution in [-0.4, -0.2) is 17.3 Å². The van der Waals surface area contributed by atoms with Crippen LogP contribution in [0.25, 0.3) is 0 Å². The van der Waals surface area contributed by atoms with Gasteiger partial charge in [-0.2, -0.15) is 4.98 Å². The Balaban J connectivity index is 2.68. The zero-order valence-electron chi connectivity index (χ0n) is 10.3. The molecule has 5 nitrogen and oxygen atoms in total. The molecule has 0 aliphatic carbocycles. The van der Waals surface area contributed by atoms with Crippen LogP contribution < -0.4 is 5.73 Å². The fraction of sp³-hybridized carbons (Fsp3) is 0.818. The van der Waals surface area contributed by atoms with Crippen molar-refractivity contribution in [2.75, 3.05) is 7.11 Å². The van der Waals surface area contributed by atoms with Gasteiger partial charge >= 0.3 is 0 Å². The highest BCUT2D eigenvalue weighted by Gasteiger charge is 2.19. The number of hydrogen-bond donors (Lipinski definition) is 1. The molecule has 2 N–H and O–H groups in total. The predicted octanol–water partition coefficient (Wildman–Crippen LogP) is 2.36. The van der Waals surface area contributed by atoms with E-state index in [9.17, 15) is 0 Å². The van der Waals surface area contributed by atoms with Crippen LogP contribution in [0.3, 0.4) is 0 Å². The fourth-order valence-electron chi connectivity index (χ4n) is 1.58. The zero-order chi connectivity index (χ0) is 12.0. The normalized spacial score (nSPS) is 15.0. The molecule has 1 aromatic heterocycles. The van der Waals surface area contributed by atoms with E-state index in [1.807, 2.05) is 0 Å². The third-order valence-electron chi connectivity index (χ3n) is 2.50. The standard InChI is InChI=1S/C11H21N3O2/c1-4-6-8(12)11-13-10(14-16-11)9(15-3)7-5-2/h8-9H,4-7,12H2,1-3H3/t8-,9?/m0/s1. The highest BCUT2D eigenvalue weighted by molar-refractivity contribution is 4.95. The van der Waals surface area contributed by atoms with Crippen molar-refractivity contribution in [3.63, 3.8) is 0 Å². The van der Waals surface area contributed by atoms with Gasteiger partial charge in [0.15, 0.2) is 0 Å². The summed E-state index contributed by atoms with van der Waals surface area (Å²) in [6.07, 6.45) is 3.67. The maximum atomic E-state index is 5.90. The predicted molar refractivity (Wildman–Crippen MR) is 60.8 cm³/mol. The number of nitrogens with two attached hydrogens (primary N) is 1. The smallest absolute Gasteiger partial charge is 0.243 e. The second-order valence-electron chi connectivity index (χ2n) is 3.90. The van der Waals surface area contributed by atoms with Crippen molar-refractivity contribution >= 4 is 0 Å². The first-order chi connectivity index (χ1) is 7.72. The molecule has 1 heterocycles. The van der Waals surface area contributed by atoms with Crippen molar-refractivity contribution < 1.29 is 9.26 Å². The van der Waals surface area contributed by atoms with E-state index in [1.54, 1.807) is 7.11 Å². The minimum atomic E-state index is -0.162. The number of ether oxygens (including phenoxy) is 1. The van der Waals surface area contributed by atoms with Gasteiger partial charge in [-0.1, -0.05) is 31.8 Å². The lowest BCUT2D eigenvalue weighted by atomic mass is 10.2. The third-order valence-corrected chi connectivity index (χ3v) is 2.50. The molecule has 0 saturated heterocycles. The van der Waals surface area contributed by atoms with E-state index < -0.39 is 0 Å². The van der Waals surface area contributed by atoms with Crippen LogP contribution in [0.4, 0.5) is 0 Å². The topological polar surface area (TPSA) is 74.2 Å². The van der Waals surface area contributed by atoms with Gasteiger partial charge in [0.1, 0.15) is 6.10 Å². The van der Waals surface area contributed by atoms with Gasteiger partial charge in [-0.05, 0) is 12.8 Å². The molecule has 0 aliphatic heterocycles. The molecule has 5 heteroatoms. The number of methoxy groups -OCH3 is 1. The molecule has 92 valence electrons. The molecule has 2 atom stereocenters. The lowest BCUT2D eigenvalue weighted by molar-refractivity contribution is 0.0854. The summed E-state index contributed by atoms with van der Waals surface area (Å²) in [6.45, 7) is 4.17. The fourth-order valence-corrected chi connectivity index (χ4v) is 1.58. The maximum Gasteiger partial charge on any atom is 0.243 e. The van der Waals surface area contributed by atoms with Crippen molar-refractivity contribution in [3.8, 4) is 0 Å². The van der Waals surface area contributed by atoms with Crippen LogP contribution in [0.1, 0.15) is 63.4 Å². The summed E-state index contributed by atoms with van der Waals surface area (Å²) >= 11 is 0. The van der Waals surface area contributed by atoms with Crippen LogP contribution in [0.15, 0.2) is 4.52 Å². The number of nitrogens with zero attached hydrogens (tertiary/aromatic N) is 2.